The summed E-state index contributed by atoms with van der Waals surface area (Å²) in [6, 6.07) is 0. The summed E-state index contributed by atoms with van der Waals surface area (Å²) in [5, 5.41) is -1.94. The van der Waals surface area contributed by atoms with Crippen molar-refractivity contribution in [1.29, 1.82) is 0 Å². The highest BCUT2D eigenvalue weighted by molar-refractivity contribution is 6.28. The predicted molar refractivity (Wildman–Crippen MR) is 16.2 cm³/mol. The SMILES string of the molecule is FC(F)=C(F)Cl. The third-order valence-electron chi connectivity index (χ3n) is 0.143. The Morgan fingerprint density at radius 2 is 1.33 bits per heavy atom. The fourth-order valence-corrected chi connectivity index (χ4v) is 0. The van der Waals surface area contributed by atoms with E-state index in [1.165, 1.54) is 0 Å². The van der Waals surface area contributed by atoms with Crippen LogP contribution in [0.2, 0.25) is 0 Å². The summed E-state index contributed by atoms with van der Waals surface area (Å²) in [4.78, 5) is 0. The van der Waals surface area contributed by atoms with Gasteiger partial charge in [0.05, 0.1) is 0 Å². The molecule has 0 saturated heterocycles. The quantitative estimate of drug-likeness (QED) is 0.455. The van der Waals surface area contributed by atoms with Crippen molar-refractivity contribution in [2.75, 3.05) is 0 Å². The third kappa shape index (κ3) is 2.08. The van der Waals surface area contributed by atoms with Gasteiger partial charge in [0.1, 0.15) is 0 Å². The van der Waals surface area contributed by atoms with Crippen LogP contribution in [0, 0.1) is 0 Å². The Hall–Kier alpha value is -0.180. The normalized spacial score (nSPS) is 8.00. The molecule has 0 spiro atoms. The lowest BCUT2D eigenvalue weighted by Gasteiger charge is -1.70. The zero-order valence-corrected chi connectivity index (χ0v) is 3.27. The smallest absolute Gasteiger partial charge is 0.188 e. The maximum absolute atomic E-state index is 10.7. The molecular formula is C2ClF3. The van der Waals surface area contributed by atoms with Crippen molar-refractivity contribution in [1.82, 2.24) is 0 Å². The Labute approximate surface area is 37.2 Å². The first kappa shape index (κ1) is 5.82. The monoisotopic (exact) mass is 116 g/mol. The van der Waals surface area contributed by atoms with Crippen molar-refractivity contribution < 1.29 is 13.2 Å². The fourth-order valence-electron chi connectivity index (χ4n) is 0. The lowest BCUT2D eigenvalue weighted by Crippen LogP contribution is -1.54. The molecule has 0 saturated carbocycles. The van der Waals surface area contributed by atoms with Gasteiger partial charge in [0.2, 0.25) is 0 Å². The summed E-state index contributed by atoms with van der Waals surface area (Å²) in [5.74, 6) is 0. The predicted octanol–water partition coefficient (Wildman–Crippen LogP) is 2.26. The highest BCUT2D eigenvalue weighted by Gasteiger charge is 1.95. The number of hydrogen-bond acceptors (Lipinski definition) is 0. The van der Waals surface area contributed by atoms with Gasteiger partial charge in [-0.1, -0.05) is 0 Å². The van der Waals surface area contributed by atoms with Gasteiger partial charge in [-0.15, -0.1) is 0 Å². The molecule has 0 aromatic rings. The molecule has 4 heteroatoms. The number of rotatable bonds is 0. The van der Waals surface area contributed by atoms with Crippen molar-refractivity contribution in [2.45, 2.75) is 0 Å². The first-order valence-electron chi connectivity index (χ1n) is 1.01. The van der Waals surface area contributed by atoms with Crippen LogP contribution >= 0.6 is 11.6 Å². The molecule has 0 radical (unpaired) electrons. The average Bonchev–Trinajstić information content (AvgIpc) is 1.36. The van der Waals surface area contributed by atoms with E-state index in [2.05, 4.69) is 11.6 Å². The molecule has 0 aliphatic rings. The van der Waals surface area contributed by atoms with Crippen LogP contribution in [0.15, 0.2) is 11.4 Å². The van der Waals surface area contributed by atoms with Crippen LogP contribution in [-0.2, 0) is 0 Å². The molecule has 0 nitrogen and oxygen atoms in total. The van der Waals surface area contributed by atoms with Gasteiger partial charge in [-0.05, 0) is 11.6 Å². The van der Waals surface area contributed by atoms with Crippen LogP contribution < -0.4 is 0 Å². The molecule has 0 aromatic heterocycles. The van der Waals surface area contributed by atoms with Crippen molar-refractivity contribution in [3.63, 3.8) is 0 Å². The molecule has 0 unspecified atom stereocenters. The number of hydrogen-bond donors (Lipinski definition) is 0. The van der Waals surface area contributed by atoms with Gasteiger partial charge in [0, 0.05) is 0 Å². The number of halogens is 4. The van der Waals surface area contributed by atoms with Crippen LogP contribution in [-0.4, -0.2) is 0 Å². The van der Waals surface area contributed by atoms with Crippen molar-refractivity contribution in [3.8, 4) is 0 Å². The van der Waals surface area contributed by atoms with E-state index in [1.807, 2.05) is 0 Å². The molecule has 0 fully saturated rings. The largest absolute Gasteiger partial charge is 0.317 e. The van der Waals surface area contributed by atoms with Crippen molar-refractivity contribution >= 4 is 11.6 Å². The average molecular weight is 116 g/mol. The Morgan fingerprint density at radius 3 is 1.33 bits per heavy atom. The van der Waals surface area contributed by atoms with E-state index in [-0.39, 0.29) is 0 Å². The highest BCUT2D eigenvalue weighted by Crippen LogP contribution is 2.11. The molecule has 0 heterocycles. The molecule has 0 aliphatic carbocycles. The second-order valence-corrected chi connectivity index (χ2v) is 0.853. The lowest BCUT2D eigenvalue weighted by atomic mass is 11.1. The van der Waals surface area contributed by atoms with Gasteiger partial charge in [-0.2, -0.15) is 13.2 Å². The zero-order valence-electron chi connectivity index (χ0n) is 2.51. The fraction of sp³-hybridized carbons (Fsp3) is 0. The van der Waals surface area contributed by atoms with Crippen LogP contribution in [0.1, 0.15) is 0 Å². The first-order valence-corrected chi connectivity index (χ1v) is 1.38. The van der Waals surface area contributed by atoms with E-state index in [0.29, 0.717) is 0 Å². The second kappa shape index (κ2) is 2.08. The lowest BCUT2D eigenvalue weighted by molar-refractivity contribution is 0.393. The van der Waals surface area contributed by atoms with E-state index in [1.54, 1.807) is 0 Å². The minimum atomic E-state index is -2.48. The van der Waals surface area contributed by atoms with E-state index in [4.69, 9.17) is 0 Å². The molecule has 0 rings (SSSR count). The Morgan fingerprint density at radius 1 is 1.17 bits per heavy atom. The maximum atomic E-state index is 10.7. The summed E-state index contributed by atoms with van der Waals surface area (Å²) >= 11 is 4.08. The molecule has 0 bridgehead atoms. The van der Waals surface area contributed by atoms with E-state index in [9.17, 15) is 13.2 Å². The van der Waals surface area contributed by atoms with Gasteiger partial charge in [0.25, 0.3) is 5.29 Å². The van der Waals surface area contributed by atoms with Gasteiger partial charge < -0.3 is 0 Å². The maximum Gasteiger partial charge on any atom is 0.317 e. The summed E-state index contributed by atoms with van der Waals surface area (Å²) < 4.78 is 31.8. The molecular weight excluding hydrogens is 116 g/mol. The van der Waals surface area contributed by atoms with Crippen molar-refractivity contribution in [2.24, 2.45) is 0 Å². The molecule has 0 amide bonds. The van der Waals surface area contributed by atoms with E-state index < -0.39 is 11.4 Å². The summed E-state index contributed by atoms with van der Waals surface area (Å²) in [6.07, 6.45) is -2.48. The Kier molecular flexibility index (Phi) is 2.01. The second-order valence-electron chi connectivity index (χ2n) is 0.521. The van der Waals surface area contributed by atoms with Crippen LogP contribution in [0.3, 0.4) is 0 Å². The molecule has 0 aliphatic heterocycles. The van der Waals surface area contributed by atoms with E-state index in [0.717, 1.165) is 0 Å². The van der Waals surface area contributed by atoms with E-state index >= 15 is 0 Å². The van der Waals surface area contributed by atoms with Gasteiger partial charge in [-0.25, -0.2) is 0 Å². The zero-order chi connectivity index (χ0) is 5.15. The standard InChI is InChI=1S/C2ClF3/c3-1(4)2(5)6. The summed E-state index contributed by atoms with van der Waals surface area (Å²) in [5.41, 5.74) is 0. The molecule has 0 atom stereocenters. The van der Waals surface area contributed by atoms with Crippen LogP contribution in [0.5, 0.6) is 0 Å². The molecule has 0 N–H and O–H groups in total. The van der Waals surface area contributed by atoms with Gasteiger partial charge >= 0.3 is 6.08 Å². The molecule has 6 heavy (non-hydrogen) atoms. The van der Waals surface area contributed by atoms with Gasteiger partial charge in [0.15, 0.2) is 0 Å². The minimum absolute atomic E-state index is 1.94. The highest BCUT2D eigenvalue weighted by atomic mass is 35.5. The molecule has 0 aromatic carbocycles. The van der Waals surface area contributed by atoms with Gasteiger partial charge in [-0.3, -0.25) is 0 Å². The Balaban J connectivity index is 3.68. The van der Waals surface area contributed by atoms with Crippen molar-refractivity contribution in [3.05, 3.63) is 11.4 Å². The summed E-state index contributed by atoms with van der Waals surface area (Å²) in [6.45, 7) is 0. The summed E-state index contributed by atoms with van der Waals surface area (Å²) in [7, 11) is 0. The minimum Gasteiger partial charge on any atom is -0.188 e. The topological polar surface area (TPSA) is 0 Å². The van der Waals surface area contributed by atoms with Crippen LogP contribution in [0.25, 0.3) is 0 Å². The molecule has 36 valence electrons. The first-order chi connectivity index (χ1) is 2.64. The third-order valence-corrected chi connectivity index (χ3v) is 0.286. The Bertz CT molecular complexity index is 58.9. The van der Waals surface area contributed by atoms with Crippen LogP contribution in [0.4, 0.5) is 13.2 Å².